The van der Waals surface area contributed by atoms with Gasteiger partial charge in [0.05, 0.1) is 0 Å². The maximum absolute atomic E-state index is 13.0. The second-order valence-corrected chi connectivity index (χ2v) is 7.43. The van der Waals surface area contributed by atoms with Crippen LogP contribution in [0.1, 0.15) is 46.9 Å². The first-order valence-corrected chi connectivity index (χ1v) is 10.1. The van der Waals surface area contributed by atoms with E-state index in [-0.39, 0.29) is 17.7 Å². The Kier molecular flexibility index (Phi) is 6.88. The molecule has 0 radical (unpaired) electrons. The molecule has 152 valence electrons. The number of amides is 3. The summed E-state index contributed by atoms with van der Waals surface area (Å²) in [7, 11) is 0. The van der Waals surface area contributed by atoms with Crippen LogP contribution in [-0.2, 0) is 4.79 Å². The number of benzene rings is 2. The van der Waals surface area contributed by atoms with Crippen LogP contribution in [-0.4, -0.2) is 41.8 Å². The monoisotopic (exact) mass is 413 g/mol. The second-order valence-electron chi connectivity index (χ2n) is 6.99. The largest absolute Gasteiger partial charge is 0.354 e. The third-order valence-corrected chi connectivity index (χ3v) is 5.09. The van der Waals surface area contributed by atoms with Crippen molar-refractivity contribution in [1.82, 2.24) is 10.2 Å². The lowest BCUT2D eigenvalue weighted by molar-refractivity contribution is -0.124. The minimum atomic E-state index is -0.443. The highest BCUT2D eigenvalue weighted by atomic mass is 35.5. The van der Waals surface area contributed by atoms with Crippen molar-refractivity contribution in [3.63, 3.8) is 0 Å². The fourth-order valence-electron chi connectivity index (χ4n) is 3.35. The Morgan fingerprint density at radius 1 is 1.10 bits per heavy atom. The summed E-state index contributed by atoms with van der Waals surface area (Å²) in [5.74, 6) is -0.601. The van der Waals surface area contributed by atoms with Crippen LogP contribution < -0.4 is 10.6 Å². The average Bonchev–Trinajstić information content (AvgIpc) is 3.22. The number of anilines is 1. The van der Waals surface area contributed by atoms with Gasteiger partial charge in [-0.05, 0) is 61.7 Å². The highest BCUT2D eigenvalue weighted by molar-refractivity contribution is 6.30. The molecule has 6 nitrogen and oxygen atoms in total. The molecule has 0 aromatic heterocycles. The topological polar surface area (TPSA) is 78.5 Å². The zero-order chi connectivity index (χ0) is 20.8. The fraction of sp³-hybridized carbons (Fsp3) is 0.318. The van der Waals surface area contributed by atoms with E-state index < -0.39 is 6.04 Å². The van der Waals surface area contributed by atoms with Crippen LogP contribution in [0.25, 0.3) is 0 Å². The minimum absolute atomic E-state index is 0.107. The van der Waals surface area contributed by atoms with Crippen LogP contribution in [0.3, 0.4) is 0 Å². The Labute approximate surface area is 175 Å². The lowest BCUT2D eigenvalue weighted by Crippen LogP contribution is -2.46. The van der Waals surface area contributed by atoms with Gasteiger partial charge in [0.2, 0.25) is 5.91 Å². The number of carbonyl (C=O) groups excluding carboxylic acids is 3. The third-order valence-electron chi connectivity index (χ3n) is 4.84. The molecule has 3 amide bonds. The Morgan fingerprint density at radius 3 is 2.59 bits per heavy atom. The van der Waals surface area contributed by atoms with Crippen molar-refractivity contribution >= 4 is 35.0 Å². The summed E-state index contributed by atoms with van der Waals surface area (Å²) in [5.41, 5.74) is 1.43. The van der Waals surface area contributed by atoms with Crippen molar-refractivity contribution < 1.29 is 14.4 Å². The number of nitrogens with zero attached hydrogens (tertiary/aromatic N) is 1. The molecule has 1 saturated heterocycles. The Bertz CT molecular complexity index is 898. The predicted octanol–water partition coefficient (Wildman–Crippen LogP) is 3.72. The molecule has 7 heteroatoms. The van der Waals surface area contributed by atoms with Gasteiger partial charge in [-0.2, -0.15) is 0 Å². The van der Waals surface area contributed by atoms with Crippen molar-refractivity contribution in [2.75, 3.05) is 18.4 Å². The lowest BCUT2D eigenvalue weighted by Gasteiger charge is -2.24. The zero-order valence-corrected chi connectivity index (χ0v) is 17.0. The number of carbonyl (C=O) groups is 3. The molecule has 2 aromatic rings. The highest BCUT2D eigenvalue weighted by Crippen LogP contribution is 2.22. The van der Waals surface area contributed by atoms with E-state index in [9.17, 15) is 14.4 Å². The molecule has 1 unspecified atom stereocenters. The van der Waals surface area contributed by atoms with E-state index in [0.29, 0.717) is 41.3 Å². The van der Waals surface area contributed by atoms with Crippen molar-refractivity contribution in [2.24, 2.45) is 0 Å². The predicted molar refractivity (Wildman–Crippen MR) is 113 cm³/mol. The van der Waals surface area contributed by atoms with Gasteiger partial charge in [0.15, 0.2) is 0 Å². The molecule has 29 heavy (non-hydrogen) atoms. The number of halogens is 1. The summed E-state index contributed by atoms with van der Waals surface area (Å²) in [5, 5.41) is 6.22. The quantitative estimate of drug-likeness (QED) is 0.757. The Balaban J connectivity index is 1.71. The van der Waals surface area contributed by atoms with Gasteiger partial charge in [-0.1, -0.05) is 24.6 Å². The van der Waals surface area contributed by atoms with Crippen LogP contribution in [0.15, 0.2) is 48.5 Å². The number of nitrogens with one attached hydrogen (secondary N) is 2. The highest BCUT2D eigenvalue weighted by Gasteiger charge is 2.34. The Morgan fingerprint density at radius 2 is 1.86 bits per heavy atom. The van der Waals surface area contributed by atoms with E-state index >= 15 is 0 Å². The molecule has 2 N–H and O–H groups in total. The van der Waals surface area contributed by atoms with Gasteiger partial charge in [-0.25, -0.2) is 0 Å². The lowest BCUT2D eigenvalue weighted by atomic mass is 10.1. The first kappa shape index (κ1) is 20.9. The normalized spacial score (nSPS) is 15.8. The van der Waals surface area contributed by atoms with Crippen LogP contribution in [0.2, 0.25) is 5.02 Å². The second kappa shape index (κ2) is 9.56. The van der Waals surface area contributed by atoms with E-state index in [2.05, 4.69) is 10.6 Å². The summed E-state index contributed by atoms with van der Waals surface area (Å²) >= 11 is 5.85. The summed E-state index contributed by atoms with van der Waals surface area (Å²) in [6.07, 6.45) is 2.30. The molecule has 1 aliphatic rings. The molecular weight excluding hydrogens is 390 g/mol. The summed E-state index contributed by atoms with van der Waals surface area (Å²) < 4.78 is 0. The average molecular weight is 414 g/mol. The van der Waals surface area contributed by atoms with Crippen LogP contribution in [0.5, 0.6) is 0 Å². The maximum Gasteiger partial charge on any atom is 0.255 e. The van der Waals surface area contributed by atoms with E-state index in [1.54, 1.807) is 53.4 Å². The first-order valence-electron chi connectivity index (χ1n) is 9.75. The molecule has 3 rings (SSSR count). The fourth-order valence-corrected chi connectivity index (χ4v) is 3.47. The maximum atomic E-state index is 13.0. The van der Waals surface area contributed by atoms with E-state index in [0.717, 1.165) is 12.8 Å². The minimum Gasteiger partial charge on any atom is -0.354 e. The van der Waals surface area contributed by atoms with Gasteiger partial charge in [-0.3, -0.25) is 14.4 Å². The van der Waals surface area contributed by atoms with E-state index in [1.807, 2.05) is 6.92 Å². The Hall–Kier alpha value is -2.86. The molecular formula is C22H24ClN3O3. The van der Waals surface area contributed by atoms with Gasteiger partial charge < -0.3 is 15.5 Å². The van der Waals surface area contributed by atoms with Gasteiger partial charge in [-0.15, -0.1) is 0 Å². The summed E-state index contributed by atoms with van der Waals surface area (Å²) in [4.78, 5) is 39.4. The molecule has 0 spiro atoms. The summed E-state index contributed by atoms with van der Waals surface area (Å²) in [6.45, 7) is 3.13. The first-order chi connectivity index (χ1) is 14.0. The standard InChI is InChI=1S/C22H24ClN3O3/c1-2-12-24-21(28)19-7-4-13-26(19)22(29)16-5-3-6-18(14-16)25-20(27)15-8-10-17(23)11-9-15/h3,5-6,8-11,14,19H,2,4,7,12-13H2,1H3,(H,24,28)(H,25,27). The van der Waals surface area contributed by atoms with Crippen molar-refractivity contribution in [3.8, 4) is 0 Å². The van der Waals surface area contributed by atoms with Crippen molar-refractivity contribution in [1.29, 1.82) is 0 Å². The van der Waals surface area contributed by atoms with Gasteiger partial charge >= 0.3 is 0 Å². The van der Waals surface area contributed by atoms with Crippen molar-refractivity contribution in [2.45, 2.75) is 32.2 Å². The van der Waals surface area contributed by atoms with Crippen molar-refractivity contribution in [3.05, 3.63) is 64.7 Å². The molecule has 0 saturated carbocycles. The van der Waals surface area contributed by atoms with Gasteiger partial charge in [0.25, 0.3) is 11.8 Å². The van der Waals surface area contributed by atoms with Crippen LogP contribution in [0, 0.1) is 0 Å². The molecule has 1 heterocycles. The van der Waals surface area contributed by atoms with E-state index in [4.69, 9.17) is 11.6 Å². The SMILES string of the molecule is CCCNC(=O)C1CCCN1C(=O)c1cccc(NC(=O)c2ccc(Cl)cc2)c1. The van der Waals surface area contributed by atoms with Crippen LogP contribution >= 0.6 is 11.6 Å². The summed E-state index contributed by atoms with van der Waals surface area (Å²) in [6, 6.07) is 12.9. The number of rotatable bonds is 6. The zero-order valence-electron chi connectivity index (χ0n) is 16.3. The molecule has 0 bridgehead atoms. The molecule has 1 fully saturated rings. The van der Waals surface area contributed by atoms with E-state index in [1.165, 1.54) is 0 Å². The van der Waals surface area contributed by atoms with Gasteiger partial charge in [0.1, 0.15) is 6.04 Å². The molecule has 1 aliphatic heterocycles. The third kappa shape index (κ3) is 5.15. The molecule has 2 aromatic carbocycles. The number of likely N-dealkylation sites (tertiary alicyclic amines) is 1. The molecule has 0 aliphatic carbocycles. The number of hydrogen-bond donors (Lipinski definition) is 2. The van der Waals surface area contributed by atoms with Gasteiger partial charge in [0, 0.05) is 34.9 Å². The van der Waals surface area contributed by atoms with Crippen LogP contribution in [0.4, 0.5) is 5.69 Å². The number of hydrogen-bond acceptors (Lipinski definition) is 3. The molecule has 1 atom stereocenters. The smallest absolute Gasteiger partial charge is 0.255 e.